The van der Waals surface area contributed by atoms with E-state index in [-0.39, 0.29) is 6.04 Å². The molecule has 0 amide bonds. The summed E-state index contributed by atoms with van der Waals surface area (Å²) < 4.78 is 0. The summed E-state index contributed by atoms with van der Waals surface area (Å²) in [5.74, 6) is 0.911. The van der Waals surface area contributed by atoms with Crippen molar-refractivity contribution in [3.63, 3.8) is 0 Å². The van der Waals surface area contributed by atoms with Crippen molar-refractivity contribution in [3.8, 4) is 0 Å². The van der Waals surface area contributed by atoms with Crippen LogP contribution in [0.25, 0.3) is 0 Å². The molecule has 0 aliphatic heterocycles. The summed E-state index contributed by atoms with van der Waals surface area (Å²) >= 11 is 1.81. The summed E-state index contributed by atoms with van der Waals surface area (Å²) in [6.45, 7) is 4.29. The summed E-state index contributed by atoms with van der Waals surface area (Å²) in [4.78, 5) is 1.28. The maximum atomic E-state index is 6.29. The number of aryl methyl sites for hydroxylation is 1. The van der Waals surface area contributed by atoms with E-state index < -0.39 is 0 Å². The van der Waals surface area contributed by atoms with Crippen molar-refractivity contribution in [2.75, 3.05) is 5.75 Å². The van der Waals surface area contributed by atoms with Gasteiger partial charge < -0.3 is 5.73 Å². The zero-order valence-corrected chi connectivity index (χ0v) is 11.7. The van der Waals surface area contributed by atoms with Gasteiger partial charge in [0, 0.05) is 16.7 Å². The second-order valence-electron chi connectivity index (χ2n) is 4.52. The fourth-order valence-electron chi connectivity index (χ4n) is 1.97. The van der Waals surface area contributed by atoms with Gasteiger partial charge in [-0.1, -0.05) is 36.4 Å². The fourth-order valence-corrected chi connectivity index (χ4v) is 2.87. The molecular weight excluding hydrogens is 238 g/mol. The Kier molecular flexibility index (Phi) is 4.45. The van der Waals surface area contributed by atoms with E-state index in [4.69, 9.17) is 5.73 Å². The molecule has 0 aromatic heterocycles. The third-order valence-corrected chi connectivity index (χ3v) is 4.35. The number of rotatable bonds is 4. The molecule has 1 atom stereocenters. The predicted octanol–water partition coefficient (Wildman–Crippen LogP) is 4.10. The second kappa shape index (κ2) is 6.07. The predicted molar refractivity (Wildman–Crippen MR) is 80.0 cm³/mol. The molecule has 0 fully saturated rings. The number of thioether (sulfide) groups is 1. The molecule has 94 valence electrons. The van der Waals surface area contributed by atoms with Crippen molar-refractivity contribution < 1.29 is 0 Å². The van der Waals surface area contributed by atoms with E-state index in [9.17, 15) is 0 Å². The number of hydrogen-bond acceptors (Lipinski definition) is 2. The van der Waals surface area contributed by atoms with Gasteiger partial charge in [-0.05, 0) is 42.7 Å². The van der Waals surface area contributed by atoms with Crippen molar-refractivity contribution in [1.82, 2.24) is 0 Å². The number of benzene rings is 2. The average Bonchev–Trinajstić information content (AvgIpc) is 2.40. The van der Waals surface area contributed by atoms with Crippen LogP contribution >= 0.6 is 11.8 Å². The maximum Gasteiger partial charge on any atom is 0.0393 e. The Morgan fingerprint density at radius 3 is 2.44 bits per heavy atom. The lowest BCUT2D eigenvalue weighted by Crippen LogP contribution is -2.14. The molecule has 2 heteroatoms. The quantitative estimate of drug-likeness (QED) is 0.835. The Balaban J connectivity index is 2.04. The topological polar surface area (TPSA) is 26.0 Å². The van der Waals surface area contributed by atoms with Gasteiger partial charge in [0.05, 0.1) is 0 Å². The summed E-state index contributed by atoms with van der Waals surface area (Å²) in [5.41, 5.74) is 10.2. The molecule has 1 nitrogen and oxygen atoms in total. The van der Waals surface area contributed by atoms with Crippen molar-refractivity contribution >= 4 is 11.8 Å². The van der Waals surface area contributed by atoms with Gasteiger partial charge >= 0.3 is 0 Å². The molecule has 2 aromatic rings. The molecule has 2 N–H and O–H groups in total. The first kappa shape index (κ1) is 13.2. The standard InChI is InChI=1S/C16H19NS/c1-12-7-6-10-15(13(12)2)16(17)11-18-14-8-4-3-5-9-14/h3-10,16H,11,17H2,1-2H3. The second-order valence-corrected chi connectivity index (χ2v) is 5.61. The molecule has 0 saturated heterocycles. The third-order valence-electron chi connectivity index (χ3n) is 3.22. The number of hydrogen-bond donors (Lipinski definition) is 1. The van der Waals surface area contributed by atoms with E-state index in [0.29, 0.717) is 0 Å². The highest BCUT2D eigenvalue weighted by atomic mass is 32.2. The Bertz CT molecular complexity index is 508. The van der Waals surface area contributed by atoms with Crippen molar-refractivity contribution in [2.45, 2.75) is 24.8 Å². The molecular formula is C16H19NS. The van der Waals surface area contributed by atoms with E-state index in [1.165, 1.54) is 21.6 Å². The van der Waals surface area contributed by atoms with Gasteiger partial charge in [0.2, 0.25) is 0 Å². The fraction of sp³-hybridized carbons (Fsp3) is 0.250. The lowest BCUT2D eigenvalue weighted by molar-refractivity contribution is 0.820. The van der Waals surface area contributed by atoms with Crippen LogP contribution in [0.4, 0.5) is 0 Å². The first-order valence-electron chi connectivity index (χ1n) is 6.18. The molecule has 18 heavy (non-hydrogen) atoms. The van der Waals surface area contributed by atoms with Crippen LogP contribution < -0.4 is 5.73 Å². The Hall–Kier alpha value is -1.25. The van der Waals surface area contributed by atoms with Crippen LogP contribution in [0.5, 0.6) is 0 Å². The number of nitrogens with two attached hydrogens (primary N) is 1. The highest BCUT2D eigenvalue weighted by Crippen LogP contribution is 2.25. The van der Waals surface area contributed by atoms with Crippen LogP contribution in [-0.4, -0.2) is 5.75 Å². The Labute approximate surface area is 113 Å². The Morgan fingerprint density at radius 2 is 1.72 bits per heavy atom. The summed E-state index contributed by atoms with van der Waals surface area (Å²) in [7, 11) is 0. The van der Waals surface area contributed by atoms with Crippen LogP contribution in [0, 0.1) is 13.8 Å². The van der Waals surface area contributed by atoms with E-state index >= 15 is 0 Å². The molecule has 0 bridgehead atoms. The zero-order chi connectivity index (χ0) is 13.0. The minimum atomic E-state index is 0.0927. The maximum absolute atomic E-state index is 6.29. The summed E-state index contributed by atoms with van der Waals surface area (Å²) in [6.07, 6.45) is 0. The SMILES string of the molecule is Cc1cccc(C(N)CSc2ccccc2)c1C. The highest BCUT2D eigenvalue weighted by Gasteiger charge is 2.10. The largest absolute Gasteiger partial charge is 0.323 e. The molecule has 0 heterocycles. The van der Waals surface area contributed by atoms with Gasteiger partial charge in [-0.3, -0.25) is 0 Å². The zero-order valence-electron chi connectivity index (χ0n) is 10.9. The van der Waals surface area contributed by atoms with E-state index in [0.717, 1.165) is 5.75 Å². The normalized spacial score (nSPS) is 12.4. The smallest absolute Gasteiger partial charge is 0.0393 e. The lowest BCUT2D eigenvalue weighted by Gasteiger charge is -2.16. The first-order valence-corrected chi connectivity index (χ1v) is 7.16. The lowest BCUT2D eigenvalue weighted by atomic mass is 9.99. The van der Waals surface area contributed by atoms with Crippen molar-refractivity contribution in [2.24, 2.45) is 5.73 Å². The monoisotopic (exact) mass is 257 g/mol. The van der Waals surface area contributed by atoms with Gasteiger partial charge in [0.25, 0.3) is 0 Å². The minimum Gasteiger partial charge on any atom is -0.323 e. The average molecular weight is 257 g/mol. The van der Waals surface area contributed by atoms with E-state index in [1.807, 2.05) is 17.8 Å². The van der Waals surface area contributed by atoms with Crippen LogP contribution in [0.3, 0.4) is 0 Å². The van der Waals surface area contributed by atoms with Crippen molar-refractivity contribution in [1.29, 1.82) is 0 Å². The van der Waals surface area contributed by atoms with Crippen molar-refractivity contribution in [3.05, 3.63) is 65.2 Å². The van der Waals surface area contributed by atoms with Gasteiger partial charge in [-0.2, -0.15) is 0 Å². The van der Waals surface area contributed by atoms with Gasteiger partial charge in [-0.25, -0.2) is 0 Å². The molecule has 2 rings (SSSR count). The molecule has 0 radical (unpaired) electrons. The van der Waals surface area contributed by atoms with Gasteiger partial charge in [0.1, 0.15) is 0 Å². The Morgan fingerprint density at radius 1 is 1.00 bits per heavy atom. The third kappa shape index (κ3) is 3.15. The summed E-state index contributed by atoms with van der Waals surface area (Å²) in [5, 5.41) is 0. The molecule has 0 aliphatic carbocycles. The summed E-state index contributed by atoms with van der Waals surface area (Å²) in [6, 6.07) is 16.9. The van der Waals surface area contributed by atoms with Crippen LogP contribution in [0.2, 0.25) is 0 Å². The van der Waals surface area contributed by atoms with Crippen LogP contribution in [0.15, 0.2) is 53.4 Å². The van der Waals surface area contributed by atoms with E-state index in [2.05, 4.69) is 56.3 Å². The molecule has 0 aliphatic rings. The van der Waals surface area contributed by atoms with Gasteiger partial charge in [0.15, 0.2) is 0 Å². The van der Waals surface area contributed by atoms with Crippen LogP contribution in [0.1, 0.15) is 22.7 Å². The highest BCUT2D eigenvalue weighted by molar-refractivity contribution is 7.99. The van der Waals surface area contributed by atoms with E-state index in [1.54, 1.807) is 0 Å². The minimum absolute atomic E-state index is 0.0927. The van der Waals surface area contributed by atoms with Gasteiger partial charge in [-0.15, -0.1) is 11.8 Å². The molecule has 0 saturated carbocycles. The first-order chi connectivity index (χ1) is 8.68. The molecule has 2 aromatic carbocycles. The molecule has 0 spiro atoms. The molecule has 1 unspecified atom stereocenters. The van der Waals surface area contributed by atoms with Crippen LogP contribution in [-0.2, 0) is 0 Å².